The first kappa shape index (κ1) is 20.7. The molecule has 0 spiro atoms. The Hall–Kier alpha value is -3.55. The van der Waals surface area contributed by atoms with Gasteiger partial charge < -0.3 is 15.1 Å². The van der Waals surface area contributed by atoms with E-state index in [2.05, 4.69) is 15.3 Å². The van der Waals surface area contributed by atoms with Gasteiger partial charge in [-0.1, -0.05) is 23.8 Å². The van der Waals surface area contributed by atoms with Crippen LogP contribution in [0.5, 0.6) is 0 Å². The van der Waals surface area contributed by atoms with Crippen molar-refractivity contribution in [3.63, 3.8) is 0 Å². The minimum atomic E-state index is -0.846. The fourth-order valence-electron chi connectivity index (χ4n) is 3.51. The predicted molar refractivity (Wildman–Crippen MR) is 116 cm³/mol. The molecule has 0 atom stereocenters. The summed E-state index contributed by atoms with van der Waals surface area (Å²) in [5, 5.41) is 3.29. The molecule has 6 nitrogen and oxygen atoms in total. The number of hydrogen-bond donors (Lipinski definition) is 1. The largest absolute Gasteiger partial charge is 0.340 e. The number of piperazine rings is 1. The van der Waals surface area contributed by atoms with Crippen LogP contribution in [0.4, 0.5) is 26.2 Å². The van der Waals surface area contributed by atoms with E-state index in [1.165, 1.54) is 16.5 Å². The lowest BCUT2D eigenvalue weighted by Gasteiger charge is -2.35. The van der Waals surface area contributed by atoms with Crippen LogP contribution in [0.25, 0.3) is 0 Å². The van der Waals surface area contributed by atoms with Crippen LogP contribution in [0.1, 0.15) is 21.6 Å². The molecule has 160 valence electrons. The van der Waals surface area contributed by atoms with Crippen molar-refractivity contribution in [2.45, 2.75) is 13.8 Å². The summed E-state index contributed by atoms with van der Waals surface area (Å²) < 4.78 is 27.9. The molecule has 31 heavy (non-hydrogen) atoms. The molecule has 1 aliphatic heterocycles. The van der Waals surface area contributed by atoms with Gasteiger partial charge in [0.1, 0.15) is 23.0 Å². The second kappa shape index (κ2) is 8.67. The van der Waals surface area contributed by atoms with Crippen molar-refractivity contribution in [2.75, 3.05) is 36.4 Å². The van der Waals surface area contributed by atoms with Gasteiger partial charge in [0.05, 0.1) is 0 Å². The van der Waals surface area contributed by atoms with Crippen LogP contribution in [0.3, 0.4) is 0 Å². The van der Waals surface area contributed by atoms with E-state index in [0.717, 1.165) is 23.5 Å². The van der Waals surface area contributed by atoms with Gasteiger partial charge in [-0.2, -0.15) is 4.98 Å². The standard InChI is InChI=1S/C23H23F2N5O/c1-15-6-8-17(9-7-15)27-20-14-16(2)26-23(28-20)30-12-10-29(11-13-30)22(31)21-18(24)4-3-5-19(21)25/h3-9,14H,10-13H2,1-2H3,(H,26,27,28). The molecular weight excluding hydrogens is 400 g/mol. The lowest BCUT2D eigenvalue weighted by atomic mass is 10.1. The van der Waals surface area contributed by atoms with Gasteiger partial charge >= 0.3 is 0 Å². The number of carbonyl (C=O) groups excluding carboxylic acids is 1. The van der Waals surface area contributed by atoms with E-state index < -0.39 is 23.1 Å². The molecule has 0 aliphatic carbocycles. The highest BCUT2D eigenvalue weighted by atomic mass is 19.1. The van der Waals surface area contributed by atoms with Crippen LogP contribution in [-0.2, 0) is 0 Å². The highest BCUT2D eigenvalue weighted by Gasteiger charge is 2.27. The zero-order chi connectivity index (χ0) is 22.0. The van der Waals surface area contributed by atoms with E-state index in [4.69, 9.17) is 0 Å². The number of nitrogens with zero attached hydrogens (tertiary/aromatic N) is 4. The molecule has 0 unspecified atom stereocenters. The fraction of sp³-hybridized carbons (Fsp3) is 0.261. The topological polar surface area (TPSA) is 61.4 Å². The van der Waals surface area contributed by atoms with Gasteiger partial charge in [-0.05, 0) is 38.1 Å². The predicted octanol–water partition coefficient (Wildman–Crippen LogP) is 4.08. The van der Waals surface area contributed by atoms with Crippen molar-refractivity contribution in [2.24, 2.45) is 0 Å². The molecule has 4 rings (SSSR count). The highest BCUT2D eigenvalue weighted by Crippen LogP contribution is 2.21. The van der Waals surface area contributed by atoms with Gasteiger partial charge in [-0.25, -0.2) is 13.8 Å². The molecule has 8 heteroatoms. The Bertz CT molecular complexity index is 1080. The molecule has 1 fully saturated rings. The Labute approximate surface area is 179 Å². The summed E-state index contributed by atoms with van der Waals surface area (Å²) in [7, 11) is 0. The van der Waals surface area contributed by atoms with Crippen molar-refractivity contribution in [1.82, 2.24) is 14.9 Å². The molecule has 2 aromatic carbocycles. The zero-order valence-corrected chi connectivity index (χ0v) is 17.4. The van der Waals surface area contributed by atoms with Gasteiger partial charge in [0.15, 0.2) is 0 Å². The highest BCUT2D eigenvalue weighted by molar-refractivity contribution is 5.95. The monoisotopic (exact) mass is 423 g/mol. The lowest BCUT2D eigenvalue weighted by molar-refractivity contribution is 0.0736. The molecule has 0 radical (unpaired) electrons. The molecule has 3 aromatic rings. The Balaban J connectivity index is 1.45. The maximum atomic E-state index is 14.0. The first-order valence-electron chi connectivity index (χ1n) is 10.1. The third-order valence-electron chi connectivity index (χ3n) is 5.19. The smallest absolute Gasteiger partial charge is 0.259 e. The third kappa shape index (κ3) is 4.63. The van der Waals surface area contributed by atoms with Crippen LogP contribution >= 0.6 is 0 Å². The van der Waals surface area contributed by atoms with Crippen molar-refractivity contribution < 1.29 is 13.6 Å². The van der Waals surface area contributed by atoms with Gasteiger partial charge in [-0.15, -0.1) is 0 Å². The Morgan fingerprint density at radius 2 is 1.58 bits per heavy atom. The summed E-state index contributed by atoms with van der Waals surface area (Å²) >= 11 is 0. The van der Waals surface area contributed by atoms with Gasteiger partial charge in [0, 0.05) is 43.6 Å². The first-order chi connectivity index (χ1) is 14.9. The normalized spacial score (nSPS) is 13.9. The van der Waals surface area contributed by atoms with Crippen LogP contribution < -0.4 is 10.2 Å². The fourth-order valence-corrected chi connectivity index (χ4v) is 3.51. The van der Waals surface area contributed by atoms with Gasteiger partial charge in [-0.3, -0.25) is 4.79 Å². The lowest BCUT2D eigenvalue weighted by Crippen LogP contribution is -2.49. The molecule has 1 aromatic heterocycles. The molecule has 2 heterocycles. The van der Waals surface area contributed by atoms with E-state index in [-0.39, 0.29) is 0 Å². The number of carbonyl (C=O) groups is 1. The number of aromatic nitrogens is 2. The quantitative estimate of drug-likeness (QED) is 0.685. The van der Waals surface area contributed by atoms with E-state index >= 15 is 0 Å². The van der Waals surface area contributed by atoms with Crippen LogP contribution in [0, 0.1) is 25.5 Å². The van der Waals surface area contributed by atoms with Gasteiger partial charge in [0.25, 0.3) is 5.91 Å². The average molecular weight is 423 g/mol. The number of anilines is 3. The SMILES string of the molecule is Cc1ccc(Nc2cc(C)nc(N3CCN(C(=O)c4c(F)cccc4F)CC3)n2)cc1. The molecule has 0 bridgehead atoms. The molecule has 1 saturated heterocycles. The summed E-state index contributed by atoms with van der Waals surface area (Å²) in [4.78, 5) is 25.2. The summed E-state index contributed by atoms with van der Waals surface area (Å²) in [6, 6.07) is 13.3. The van der Waals surface area contributed by atoms with Gasteiger partial charge in [0.2, 0.25) is 5.95 Å². The Morgan fingerprint density at radius 3 is 2.23 bits per heavy atom. The number of rotatable bonds is 4. The van der Waals surface area contributed by atoms with Crippen molar-refractivity contribution in [1.29, 1.82) is 0 Å². The first-order valence-corrected chi connectivity index (χ1v) is 10.1. The van der Waals surface area contributed by atoms with E-state index in [9.17, 15) is 13.6 Å². The number of halogens is 2. The zero-order valence-electron chi connectivity index (χ0n) is 17.4. The van der Waals surface area contributed by atoms with Crippen LogP contribution in [0.15, 0.2) is 48.5 Å². The van der Waals surface area contributed by atoms with Crippen molar-refractivity contribution in [3.05, 3.63) is 77.0 Å². The molecule has 1 amide bonds. The number of benzene rings is 2. The number of nitrogens with one attached hydrogen (secondary N) is 1. The van der Waals surface area contributed by atoms with Crippen molar-refractivity contribution >= 4 is 23.4 Å². The van der Waals surface area contributed by atoms with E-state index in [1.54, 1.807) is 0 Å². The number of hydrogen-bond acceptors (Lipinski definition) is 5. The summed E-state index contributed by atoms with van der Waals surface area (Å²) in [5.41, 5.74) is 2.41. The summed E-state index contributed by atoms with van der Waals surface area (Å²) in [6.07, 6.45) is 0. The maximum Gasteiger partial charge on any atom is 0.259 e. The molecule has 0 saturated carbocycles. The average Bonchev–Trinajstić information content (AvgIpc) is 2.75. The summed E-state index contributed by atoms with van der Waals surface area (Å²) in [5.74, 6) is -1.10. The van der Waals surface area contributed by atoms with Crippen LogP contribution in [-0.4, -0.2) is 47.0 Å². The third-order valence-corrected chi connectivity index (χ3v) is 5.19. The van der Waals surface area contributed by atoms with E-state index in [0.29, 0.717) is 37.9 Å². The minimum Gasteiger partial charge on any atom is -0.340 e. The molecule has 1 aliphatic rings. The molecule has 1 N–H and O–H groups in total. The van der Waals surface area contributed by atoms with Crippen LogP contribution in [0.2, 0.25) is 0 Å². The summed E-state index contributed by atoms with van der Waals surface area (Å²) in [6.45, 7) is 5.51. The van der Waals surface area contributed by atoms with E-state index in [1.807, 2.05) is 49.1 Å². The number of aryl methyl sites for hydroxylation is 2. The Morgan fingerprint density at radius 1 is 0.935 bits per heavy atom. The number of amides is 1. The second-order valence-corrected chi connectivity index (χ2v) is 7.56. The molecular formula is C23H23F2N5O. The van der Waals surface area contributed by atoms with Crippen molar-refractivity contribution in [3.8, 4) is 0 Å². The minimum absolute atomic E-state index is 0.324. The second-order valence-electron chi connectivity index (χ2n) is 7.56. The maximum absolute atomic E-state index is 14.0. The Kier molecular flexibility index (Phi) is 5.79.